The van der Waals surface area contributed by atoms with Crippen molar-refractivity contribution in [3.8, 4) is 12.1 Å². The van der Waals surface area contributed by atoms with Gasteiger partial charge in [-0.05, 0) is 81.6 Å². The second-order valence-electron chi connectivity index (χ2n) is 11.2. The molecule has 0 aliphatic rings. The first-order valence-corrected chi connectivity index (χ1v) is 16.8. The first kappa shape index (κ1) is 31.3. The lowest BCUT2D eigenvalue weighted by Crippen LogP contribution is -2.07. The summed E-state index contributed by atoms with van der Waals surface area (Å²) in [5.74, 6) is 1.24. The highest BCUT2D eigenvalue weighted by molar-refractivity contribution is 7.17. The van der Waals surface area contributed by atoms with Crippen molar-refractivity contribution in [1.29, 1.82) is 10.5 Å². The summed E-state index contributed by atoms with van der Waals surface area (Å²) in [5.41, 5.74) is 2.79. The van der Waals surface area contributed by atoms with E-state index >= 15 is 0 Å². The first-order chi connectivity index (χ1) is 20.5. The molecular formula is C36H38N4S2. The molecule has 0 amide bonds. The number of benzene rings is 2. The predicted octanol–water partition coefficient (Wildman–Crippen LogP) is 9.89. The Balaban J connectivity index is 2.15. The van der Waals surface area contributed by atoms with E-state index in [1.165, 1.54) is 60.4 Å². The van der Waals surface area contributed by atoms with Gasteiger partial charge in [0.2, 0.25) is 0 Å². The van der Waals surface area contributed by atoms with E-state index in [1.807, 2.05) is 0 Å². The normalized spacial score (nSPS) is 12.5. The van der Waals surface area contributed by atoms with Crippen molar-refractivity contribution in [2.75, 3.05) is 0 Å². The summed E-state index contributed by atoms with van der Waals surface area (Å²) >= 11 is 3.10. The van der Waals surface area contributed by atoms with E-state index in [2.05, 4.69) is 73.8 Å². The maximum atomic E-state index is 9.65. The zero-order valence-corrected chi connectivity index (χ0v) is 26.8. The highest BCUT2D eigenvalue weighted by atomic mass is 32.1. The molecule has 0 spiro atoms. The number of unbranched alkanes of at least 4 members (excludes halogenated alkanes) is 2. The second kappa shape index (κ2) is 14.5. The number of hydrogen-bond donors (Lipinski definition) is 0. The van der Waals surface area contributed by atoms with Crippen molar-refractivity contribution in [1.82, 2.24) is 0 Å². The van der Waals surface area contributed by atoms with Crippen LogP contribution in [0.25, 0.3) is 52.0 Å². The van der Waals surface area contributed by atoms with Crippen LogP contribution in [0.4, 0.5) is 0 Å². The van der Waals surface area contributed by atoms with E-state index in [-0.39, 0.29) is 11.4 Å². The smallest absolute Gasteiger partial charge is 0.192 e. The zero-order valence-electron chi connectivity index (χ0n) is 25.1. The third-order valence-corrected chi connectivity index (χ3v) is 10.8. The van der Waals surface area contributed by atoms with Crippen LogP contribution in [0.3, 0.4) is 0 Å². The van der Waals surface area contributed by atoms with E-state index in [1.54, 1.807) is 22.7 Å². The zero-order chi connectivity index (χ0) is 30.2. The molecule has 2 aromatic heterocycles. The highest BCUT2D eigenvalue weighted by Gasteiger charge is 2.21. The Labute approximate surface area is 257 Å². The monoisotopic (exact) mass is 590 g/mol. The van der Waals surface area contributed by atoms with E-state index in [9.17, 15) is 10.5 Å². The summed E-state index contributed by atoms with van der Waals surface area (Å²) in [7, 11) is 0. The van der Waals surface area contributed by atoms with Gasteiger partial charge in [-0.3, -0.25) is 0 Å². The Hall–Kier alpha value is -3.68. The van der Waals surface area contributed by atoms with Crippen LogP contribution in [0, 0.1) is 47.6 Å². The molecule has 4 rings (SSSR count). The van der Waals surface area contributed by atoms with E-state index in [0.717, 1.165) is 54.9 Å². The number of fused-ring (bicyclic) bond motifs is 3. The van der Waals surface area contributed by atoms with Gasteiger partial charge in [-0.2, -0.15) is 20.2 Å². The summed E-state index contributed by atoms with van der Waals surface area (Å²) in [6.45, 7) is 24.2. The van der Waals surface area contributed by atoms with Gasteiger partial charge in [-0.15, -0.1) is 22.7 Å². The maximum absolute atomic E-state index is 9.65. The first-order valence-electron chi connectivity index (χ1n) is 15.2. The fraction of sp³-hybridized carbons (Fsp3) is 0.444. The fourth-order valence-corrected chi connectivity index (χ4v) is 8.25. The van der Waals surface area contributed by atoms with Crippen LogP contribution in [0.5, 0.6) is 0 Å². The molecule has 4 nitrogen and oxygen atoms in total. The Morgan fingerprint density at radius 3 is 1.57 bits per heavy atom. The van der Waals surface area contributed by atoms with Crippen molar-refractivity contribution < 1.29 is 0 Å². The number of rotatable bonds is 12. The molecule has 0 fully saturated rings. The topological polar surface area (TPSA) is 56.3 Å². The molecule has 0 aliphatic carbocycles. The van der Waals surface area contributed by atoms with Crippen LogP contribution in [-0.2, 0) is 12.8 Å². The molecule has 2 unspecified atom stereocenters. The van der Waals surface area contributed by atoms with Gasteiger partial charge in [0, 0.05) is 9.40 Å². The lowest BCUT2D eigenvalue weighted by molar-refractivity contribution is 0.450. The molecular weight excluding hydrogens is 553 g/mol. The molecule has 0 saturated carbocycles. The lowest BCUT2D eigenvalue weighted by Gasteiger charge is -2.21. The van der Waals surface area contributed by atoms with Gasteiger partial charge in [0.15, 0.2) is 0 Å². The average molecular weight is 591 g/mol. The minimum absolute atomic E-state index is 0.136. The van der Waals surface area contributed by atoms with Gasteiger partial charge in [0.05, 0.1) is 4.53 Å². The van der Waals surface area contributed by atoms with Crippen molar-refractivity contribution in [3.63, 3.8) is 0 Å². The van der Waals surface area contributed by atoms with Gasteiger partial charge in [-0.25, -0.2) is 0 Å². The second-order valence-corrected chi connectivity index (χ2v) is 13.4. The van der Waals surface area contributed by atoms with E-state index < -0.39 is 0 Å². The van der Waals surface area contributed by atoms with Gasteiger partial charge in [0.25, 0.3) is 0 Å². The van der Waals surface area contributed by atoms with Crippen molar-refractivity contribution >= 4 is 65.0 Å². The molecule has 6 heteroatoms. The van der Waals surface area contributed by atoms with Crippen LogP contribution < -0.4 is 9.06 Å². The number of nitriles is 2. The molecule has 0 saturated heterocycles. The van der Waals surface area contributed by atoms with Crippen LogP contribution in [-0.4, -0.2) is 0 Å². The molecule has 2 atom stereocenters. The van der Waals surface area contributed by atoms with Gasteiger partial charge < -0.3 is 0 Å². The summed E-state index contributed by atoms with van der Waals surface area (Å²) in [5, 5.41) is 24.1. The molecule has 0 radical (unpaired) electrons. The lowest BCUT2D eigenvalue weighted by atomic mass is 9.84. The van der Waals surface area contributed by atoms with E-state index in [0.29, 0.717) is 11.8 Å². The summed E-state index contributed by atoms with van der Waals surface area (Å²) in [6, 6.07) is 12.9. The SMILES string of the molecule is [C-]#[N+]C([N+]#[C-])=c1cc2c(CC(CC)CCCC)c3cc4sc(=C(C#N)C#N)cc4c(CC(CC)CCCC)c3cc2s1. The van der Waals surface area contributed by atoms with Crippen LogP contribution in [0.15, 0.2) is 24.3 Å². The molecule has 214 valence electrons. The van der Waals surface area contributed by atoms with Crippen molar-refractivity contribution in [2.24, 2.45) is 11.8 Å². The Morgan fingerprint density at radius 1 is 0.714 bits per heavy atom. The quantitative estimate of drug-likeness (QED) is 0.154. The number of thiophene rings is 2. The molecule has 0 N–H and O–H groups in total. The Morgan fingerprint density at radius 2 is 1.17 bits per heavy atom. The standard InChI is InChI=1S/C36H38N4S2/c1-7-11-13-23(9-3)15-26-29-18-34-31(20-35(42-34)36(39-5)40-6)27(16-24(10-4)14-12-8-2)28(29)17-33-30(26)19-32(41-33)25(21-37)22-38/h17-20,23-24H,7-16H2,1-4H3. The van der Waals surface area contributed by atoms with Gasteiger partial charge in [0.1, 0.15) is 35.4 Å². The third-order valence-electron chi connectivity index (χ3n) is 8.64. The highest BCUT2D eigenvalue weighted by Crippen LogP contribution is 2.40. The molecule has 4 aromatic rings. The Bertz CT molecular complexity index is 1720. The van der Waals surface area contributed by atoms with E-state index in [4.69, 9.17) is 13.1 Å². The molecule has 2 heterocycles. The molecule has 0 bridgehead atoms. The van der Waals surface area contributed by atoms with Crippen LogP contribution in [0.2, 0.25) is 0 Å². The summed E-state index contributed by atoms with van der Waals surface area (Å²) in [4.78, 5) is 7.07. The molecule has 2 aromatic carbocycles. The van der Waals surface area contributed by atoms with Crippen LogP contribution in [0.1, 0.15) is 90.2 Å². The fourth-order valence-electron chi connectivity index (χ4n) is 6.11. The third kappa shape index (κ3) is 6.37. The van der Waals surface area contributed by atoms with Gasteiger partial charge in [-0.1, -0.05) is 79.1 Å². The minimum atomic E-state index is 0.136. The molecule has 0 aliphatic heterocycles. The molecule has 42 heavy (non-hydrogen) atoms. The maximum Gasteiger partial charge on any atom is 0.536 e. The Kier molecular flexibility index (Phi) is 10.8. The van der Waals surface area contributed by atoms with Crippen LogP contribution >= 0.6 is 22.7 Å². The number of hydrogen-bond acceptors (Lipinski definition) is 4. The minimum Gasteiger partial charge on any atom is -0.192 e. The summed E-state index contributed by atoms with van der Waals surface area (Å²) < 4.78 is 3.73. The van der Waals surface area contributed by atoms with Crippen molar-refractivity contribution in [2.45, 2.75) is 91.9 Å². The largest absolute Gasteiger partial charge is 0.536 e. The predicted molar refractivity (Wildman–Crippen MR) is 179 cm³/mol. The number of nitrogens with zero attached hydrogens (tertiary/aromatic N) is 4. The van der Waals surface area contributed by atoms with Crippen molar-refractivity contribution in [3.05, 3.63) is 67.3 Å². The summed E-state index contributed by atoms with van der Waals surface area (Å²) in [6.07, 6.45) is 11.2. The average Bonchev–Trinajstić information content (AvgIpc) is 3.62. The van der Waals surface area contributed by atoms with Gasteiger partial charge >= 0.3 is 5.82 Å².